The number of hydrogen-bond acceptors (Lipinski definition) is 6. The smallest absolute Gasteiger partial charge is 0.287 e. The second-order valence-corrected chi connectivity index (χ2v) is 9.22. The Balaban J connectivity index is 1.59. The van der Waals surface area contributed by atoms with Crippen molar-refractivity contribution in [2.24, 2.45) is 0 Å². The van der Waals surface area contributed by atoms with Crippen molar-refractivity contribution in [3.63, 3.8) is 0 Å². The lowest BCUT2D eigenvalue weighted by atomic mass is 10.1. The normalized spacial score (nSPS) is 20.3. The maximum Gasteiger partial charge on any atom is 0.287 e. The summed E-state index contributed by atoms with van der Waals surface area (Å²) in [6.07, 6.45) is 3.83. The summed E-state index contributed by atoms with van der Waals surface area (Å²) in [4.78, 5) is 15.2. The number of carbonyl (C=O) groups excluding carboxylic acids is 1. The Hall–Kier alpha value is -2.58. The van der Waals surface area contributed by atoms with E-state index in [1.165, 1.54) is 0 Å². The Morgan fingerprint density at radius 2 is 1.86 bits per heavy atom. The van der Waals surface area contributed by atoms with Crippen molar-refractivity contribution in [2.75, 3.05) is 32.0 Å². The van der Waals surface area contributed by atoms with E-state index < -0.39 is 15.7 Å². The van der Waals surface area contributed by atoms with Crippen molar-refractivity contribution < 1.29 is 22.4 Å². The summed E-state index contributed by atoms with van der Waals surface area (Å²) in [5, 5.41) is 2.87. The van der Waals surface area contributed by atoms with Crippen molar-refractivity contribution in [3.8, 4) is 0 Å². The lowest BCUT2D eigenvalue weighted by Crippen LogP contribution is -2.39. The van der Waals surface area contributed by atoms with Gasteiger partial charge in [-0.3, -0.25) is 9.69 Å². The third-order valence-electron chi connectivity index (χ3n) is 5.27. The van der Waals surface area contributed by atoms with E-state index in [-0.39, 0.29) is 29.1 Å². The van der Waals surface area contributed by atoms with Crippen molar-refractivity contribution in [1.29, 1.82) is 0 Å². The number of hydrogen-bond donors (Lipinski definition) is 1. The van der Waals surface area contributed by atoms with Crippen LogP contribution in [0.4, 0.5) is 0 Å². The van der Waals surface area contributed by atoms with Crippen molar-refractivity contribution in [2.45, 2.75) is 18.9 Å². The number of amides is 1. The molecular weight excluding hydrogens is 392 g/mol. The van der Waals surface area contributed by atoms with Gasteiger partial charge in [0.05, 0.1) is 18.1 Å². The predicted octanol–water partition coefficient (Wildman–Crippen LogP) is 2.35. The Bertz CT molecular complexity index is 977. The molecule has 0 unspecified atom stereocenters. The lowest BCUT2D eigenvalue weighted by Gasteiger charge is -2.27. The zero-order valence-electron chi connectivity index (χ0n) is 16.0. The first-order chi connectivity index (χ1) is 14.1. The zero-order valence-corrected chi connectivity index (χ0v) is 16.9. The van der Waals surface area contributed by atoms with E-state index in [0.29, 0.717) is 12.1 Å². The van der Waals surface area contributed by atoms with Crippen LogP contribution in [0.25, 0.3) is 4.91 Å². The fourth-order valence-corrected chi connectivity index (χ4v) is 5.28. The van der Waals surface area contributed by atoms with E-state index in [2.05, 4.69) is 10.2 Å². The van der Waals surface area contributed by atoms with E-state index in [1.54, 1.807) is 36.6 Å². The topological polar surface area (TPSA) is 88.9 Å². The lowest BCUT2D eigenvalue weighted by molar-refractivity contribution is -0.121. The molecule has 1 aromatic carbocycles. The summed E-state index contributed by atoms with van der Waals surface area (Å²) < 4.78 is 36.5. The summed E-state index contributed by atoms with van der Waals surface area (Å²) in [7, 11) is -3.60. The number of nitrogens with one attached hydrogen (secondary N) is 1. The minimum atomic E-state index is -3.60. The summed E-state index contributed by atoms with van der Waals surface area (Å²) in [6.45, 7) is 2.14. The first-order valence-corrected chi connectivity index (χ1v) is 11.4. The van der Waals surface area contributed by atoms with Crippen molar-refractivity contribution >= 4 is 20.6 Å². The number of nitrogens with zero attached hydrogens (tertiary/aromatic N) is 1. The molecule has 4 rings (SSSR count). The molecule has 0 radical (unpaired) electrons. The number of likely N-dealkylation sites (tertiary alicyclic amines) is 1. The van der Waals surface area contributed by atoms with Gasteiger partial charge in [0.1, 0.15) is 17.3 Å². The van der Waals surface area contributed by atoms with Crippen LogP contribution < -0.4 is 5.32 Å². The van der Waals surface area contributed by atoms with Gasteiger partial charge in [0.2, 0.25) is 5.76 Å². The van der Waals surface area contributed by atoms with Crippen LogP contribution in [0.5, 0.6) is 0 Å². The molecule has 1 aromatic heterocycles. The first-order valence-electron chi connectivity index (χ1n) is 9.77. The average Bonchev–Trinajstić information content (AvgIpc) is 3.42. The van der Waals surface area contributed by atoms with Gasteiger partial charge < -0.3 is 14.5 Å². The number of sulfone groups is 1. The highest BCUT2D eigenvalue weighted by atomic mass is 32.2. The van der Waals surface area contributed by atoms with Gasteiger partial charge in [-0.25, -0.2) is 8.42 Å². The van der Waals surface area contributed by atoms with Crippen LogP contribution in [0.1, 0.15) is 30.2 Å². The molecule has 1 saturated heterocycles. The summed E-state index contributed by atoms with van der Waals surface area (Å²) in [5.74, 6) is -0.0248. The number of rotatable bonds is 6. The highest BCUT2D eigenvalue weighted by Gasteiger charge is 2.34. The van der Waals surface area contributed by atoms with E-state index in [0.717, 1.165) is 31.7 Å². The maximum atomic E-state index is 13.0. The van der Waals surface area contributed by atoms with Crippen LogP contribution in [0, 0.1) is 0 Å². The van der Waals surface area contributed by atoms with Crippen molar-refractivity contribution in [1.82, 2.24) is 10.2 Å². The van der Waals surface area contributed by atoms with E-state index in [9.17, 15) is 13.2 Å². The Morgan fingerprint density at radius 3 is 2.55 bits per heavy atom. The van der Waals surface area contributed by atoms with Gasteiger partial charge in [-0.15, -0.1) is 0 Å². The second kappa shape index (κ2) is 8.42. The number of benzene rings is 1. The molecular formula is C21H24N2O5S. The average molecular weight is 416 g/mol. The molecule has 8 heteroatoms. The molecule has 1 fully saturated rings. The molecule has 29 heavy (non-hydrogen) atoms. The number of ether oxygens (including phenoxy) is 1. The number of carbonyl (C=O) groups is 1. The fourth-order valence-electron chi connectivity index (χ4n) is 3.84. The minimum Gasteiger partial charge on any atom is -0.486 e. The Labute approximate surface area is 170 Å². The maximum absolute atomic E-state index is 13.0. The highest BCUT2D eigenvalue weighted by molar-refractivity contribution is 8.00. The predicted molar refractivity (Wildman–Crippen MR) is 108 cm³/mol. The molecule has 0 aliphatic carbocycles. The summed E-state index contributed by atoms with van der Waals surface area (Å²) in [5.41, 5.74) is 0.458. The monoisotopic (exact) mass is 416 g/mol. The van der Waals surface area contributed by atoms with Gasteiger partial charge in [0.25, 0.3) is 5.91 Å². The Kier molecular flexibility index (Phi) is 5.73. The standard InChI is InChI=1S/C21H24N2O5S/c24-21(22-15-17(18-9-6-12-27-18)23-10-4-5-11-23)19-20(16-7-2-1-3-8-16)29(25,26)14-13-28-19/h1-3,6-9,12,17H,4-5,10-11,13-15H2,(H,22,24)/t17-/m1/s1. The fraction of sp³-hybridized carbons (Fsp3) is 0.381. The summed E-state index contributed by atoms with van der Waals surface area (Å²) in [6, 6.07) is 12.2. The highest BCUT2D eigenvalue weighted by Crippen LogP contribution is 2.30. The molecule has 0 bridgehead atoms. The molecule has 154 valence electrons. The van der Waals surface area contributed by atoms with Gasteiger partial charge in [-0.1, -0.05) is 30.3 Å². The molecule has 1 amide bonds. The van der Waals surface area contributed by atoms with Crippen LogP contribution in [-0.2, 0) is 19.4 Å². The summed E-state index contributed by atoms with van der Waals surface area (Å²) >= 11 is 0. The molecule has 7 nitrogen and oxygen atoms in total. The van der Waals surface area contributed by atoms with Gasteiger partial charge >= 0.3 is 0 Å². The molecule has 0 saturated carbocycles. The van der Waals surface area contributed by atoms with Gasteiger partial charge in [0.15, 0.2) is 9.84 Å². The molecule has 2 aliphatic rings. The van der Waals surface area contributed by atoms with Gasteiger partial charge in [0, 0.05) is 6.54 Å². The van der Waals surface area contributed by atoms with Crippen molar-refractivity contribution in [3.05, 3.63) is 65.8 Å². The van der Waals surface area contributed by atoms with Crippen LogP contribution in [-0.4, -0.2) is 51.2 Å². The van der Waals surface area contributed by atoms with Gasteiger partial charge in [-0.05, 0) is 43.6 Å². The third kappa shape index (κ3) is 4.23. The first kappa shape index (κ1) is 19.7. The number of furan rings is 1. The van der Waals surface area contributed by atoms with Gasteiger partial charge in [-0.2, -0.15) is 0 Å². The molecule has 1 N–H and O–H groups in total. The van der Waals surface area contributed by atoms with Crippen LogP contribution in [0.3, 0.4) is 0 Å². The second-order valence-electron chi connectivity index (χ2n) is 7.18. The molecule has 2 aliphatic heterocycles. The third-order valence-corrected chi connectivity index (χ3v) is 7.01. The quantitative estimate of drug-likeness (QED) is 0.778. The molecule has 2 aromatic rings. The zero-order chi connectivity index (χ0) is 20.3. The molecule has 0 spiro atoms. The minimum absolute atomic E-state index is 0.0326. The van der Waals surface area contributed by atoms with Crippen LogP contribution >= 0.6 is 0 Å². The van der Waals surface area contributed by atoms with E-state index in [1.807, 2.05) is 12.1 Å². The van der Waals surface area contributed by atoms with Crippen LogP contribution in [0.15, 0.2) is 58.9 Å². The molecule has 3 heterocycles. The van der Waals surface area contributed by atoms with Crippen LogP contribution in [0.2, 0.25) is 0 Å². The SMILES string of the molecule is O=C(NC[C@H](c1ccco1)N1CCCC1)C1=C(c2ccccc2)S(=O)(=O)CCO1. The largest absolute Gasteiger partial charge is 0.486 e. The molecule has 1 atom stereocenters. The Morgan fingerprint density at radius 1 is 1.10 bits per heavy atom. The van der Waals surface area contributed by atoms with E-state index in [4.69, 9.17) is 9.15 Å². The van der Waals surface area contributed by atoms with E-state index >= 15 is 0 Å².